The molecule has 19 heavy (non-hydrogen) atoms. The lowest BCUT2D eigenvalue weighted by atomic mass is 10.0. The zero-order chi connectivity index (χ0) is 13.8. The second-order valence-corrected chi connectivity index (χ2v) is 4.88. The van der Waals surface area contributed by atoms with Crippen molar-refractivity contribution in [3.8, 4) is 11.9 Å². The molecule has 2 N–H and O–H groups in total. The van der Waals surface area contributed by atoms with E-state index in [0.29, 0.717) is 11.4 Å². The molecular formula is C14H20N4O. The summed E-state index contributed by atoms with van der Waals surface area (Å²) in [6.45, 7) is 4.03. The summed E-state index contributed by atoms with van der Waals surface area (Å²) in [5.74, 6) is 0.346. The summed E-state index contributed by atoms with van der Waals surface area (Å²) in [5, 5.41) is 17.6. The van der Waals surface area contributed by atoms with Crippen LogP contribution in [0.3, 0.4) is 0 Å². The third kappa shape index (κ3) is 2.69. The first-order chi connectivity index (χ1) is 9.21. The topological polar surface area (TPSA) is 84.8 Å². The number of aromatic nitrogens is 2. The van der Waals surface area contributed by atoms with Crippen LogP contribution in [0.2, 0.25) is 0 Å². The molecule has 2 unspecified atom stereocenters. The van der Waals surface area contributed by atoms with Crippen LogP contribution in [0.4, 0.5) is 0 Å². The van der Waals surface area contributed by atoms with Gasteiger partial charge in [-0.2, -0.15) is 10.4 Å². The second-order valence-electron chi connectivity index (χ2n) is 4.88. The summed E-state index contributed by atoms with van der Waals surface area (Å²) in [7, 11) is 0. The quantitative estimate of drug-likeness (QED) is 0.891. The van der Waals surface area contributed by atoms with Gasteiger partial charge in [-0.25, -0.2) is 0 Å². The lowest BCUT2D eigenvalue weighted by Crippen LogP contribution is -2.34. The van der Waals surface area contributed by atoms with Crippen LogP contribution in [0.1, 0.15) is 49.9 Å². The molecule has 102 valence electrons. The molecule has 1 saturated carbocycles. The molecule has 2 rings (SSSR count). The predicted octanol–water partition coefficient (Wildman–Crippen LogP) is 1.73. The molecule has 0 saturated heterocycles. The highest BCUT2D eigenvalue weighted by atomic mass is 16.5. The van der Waals surface area contributed by atoms with Crippen LogP contribution < -0.4 is 10.5 Å². The minimum absolute atomic E-state index is 0.0317. The smallest absolute Gasteiger partial charge is 0.252 e. The van der Waals surface area contributed by atoms with E-state index in [9.17, 15) is 5.26 Å². The maximum Gasteiger partial charge on any atom is 0.252 e. The van der Waals surface area contributed by atoms with Crippen molar-refractivity contribution in [2.75, 3.05) is 0 Å². The molecule has 0 spiro atoms. The zero-order valence-electron chi connectivity index (χ0n) is 11.5. The highest BCUT2D eigenvalue weighted by Crippen LogP contribution is 2.27. The summed E-state index contributed by atoms with van der Waals surface area (Å²) in [5.41, 5.74) is 8.33. The van der Waals surface area contributed by atoms with Crippen LogP contribution in [0.5, 0.6) is 5.88 Å². The molecule has 0 aliphatic heterocycles. The van der Waals surface area contributed by atoms with Crippen molar-refractivity contribution in [2.45, 2.75) is 58.1 Å². The average Bonchev–Trinajstić information content (AvgIpc) is 2.83. The fourth-order valence-electron chi connectivity index (χ4n) is 2.60. The SMILES string of the molecule is CCc1nnc(OC2CCCC2N)c(C#N)c1CC. The molecule has 1 aliphatic carbocycles. The number of rotatable bonds is 4. The molecule has 1 fully saturated rings. The Morgan fingerprint density at radius 2 is 2.11 bits per heavy atom. The molecule has 1 heterocycles. The molecule has 0 aromatic carbocycles. The molecule has 0 amide bonds. The van der Waals surface area contributed by atoms with Crippen molar-refractivity contribution in [2.24, 2.45) is 5.73 Å². The first kappa shape index (κ1) is 13.8. The highest BCUT2D eigenvalue weighted by molar-refractivity contribution is 5.46. The Balaban J connectivity index is 2.33. The first-order valence-corrected chi connectivity index (χ1v) is 6.92. The van der Waals surface area contributed by atoms with Gasteiger partial charge in [0.2, 0.25) is 0 Å². The molecule has 5 heteroatoms. The summed E-state index contributed by atoms with van der Waals surface area (Å²) < 4.78 is 5.83. The fourth-order valence-corrected chi connectivity index (χ4v) is 2.60. The Hall–Kier alpha value is -1.67. The normalized spacial score (nSPS) is 22.2. The van der Waals surface area contributed by atoms with Gasteiger partial charge in [0.05, 0.1) is 5.69 Å². The second kappa shape index (κ2) is 5.98. The molecule has 1 aliphatic rings. The fraction of sp³-hybridized carbons (Fsp3) is 0.643. The van der Waals surface area contributed by atoms with E-state index in [0.717, 1.165) is 43.4 Å². The van der Waals surface area contributed by atoms with Gasteiger partial charge in [0.1, 0.15) is 17.7 Å². The monoisotopic (exact) mass is 260 g/mol. The zero-order valence-corrected chi connectivity index (χ0v) is 11.5. The van der Waals surface area contributed by atoms with Gasteiger partial charge in [-0.15, -0.1) is 5.10 Å². The number of nitrogens with zero attached hydrogens (tertiary/aromatic N) is 3. The number of nitriles is 1. The Labute approximate surface area is 113 Å². The lowest BCUT2D eigenvalue weighted by molar-refractivity contribution is 0.181. The molecule has 1 aromatic heterocycles. The summed E-state index contributed by atoms with van der Waals surface area (Å²) >= 11 is 0. The van der Waals surface area contributed by atoms with E-state index in [1.165, 1.54) is 0 Å². The van der Waals surface area contributed by atoms with Crippen molar-refractivity contribution in [3.05, 3.63) is 16.8 Å². The molecule has 0 radical (unpaired) electrons. The van der Waals surface area contributed by atoms with E-state index in [4.69, 9.17) is 10.5 Å². The van der Waals surface area contributed by atoms with Crippen molar-refractivity contribution in [1.29, 1.82) is 5.26 Å². The maximum atomic E-state index is 9.36. The van der Waals surface area contributed by atoms with Crippen molar-refractivity contribution in [3.63, 3.8) is 0 Å². The predicted molar refractivity (Wildman–Crippen MR) is 71.7 cm³/mol. The third-order valence-corrected chi connectivity index (χ3v) is 3.69. The maximum absolute atomic E-state index is 9.36. The molecule has 2 atom stereocenters. The Morgan fingerprint density at radius 1 is 1.32 bits per heavy atom. The molecule has 1 aromatic rings. The van der Waals surface area contributed by atoms with E-state index >= 15 is 0 Å². The number of hydrogen-bond acceptors (Lipinski definition) is 5. The van der Waals surface area contributed by atoms with Crippen LogP contribution in [-0.2, 0) is 12.8 Å². The number of nitrogens with two attached hydrogens (primary N) is 1. The van der Waals surface area contributed by atoms with Gasteiger partial charge in [-0.1, -0.05) is 13.8 Å². The van der Waals surface area contributed by atoms with Crippen LogP contribution >= 0.6 is 0 Å². The van der Waals surface area contributed by atoms with Crippen molar-refractivity contribution < 1.29 is 4.74 Å². The minimum Gasteiger partial charge on any atom is -0.471 e. The molecular weight excluding hydrogens is 240 g/mol. The van der Waals surface area contributed by atoms with Gasteiger partial charge in [0.15, 0.2) is 0 Å². The van der Waals surface area contributed by atoms with E-state index in [-0.39, 0.29) is 12.1 Å². The van der Waals surface area contributed by atoms with Gasteiger partial charge in [-0.3, -0.25) is 0 Å². The average molecular weight is 260 g/mol. The van der Waals surface area contributed by atoms with Crippen molar-refractivity contribution >= 4 is 0 Å². The summed E-state index contributed by atoms with van der Waals surface area (Å²) in [6.07, 6.45) is 4.44. The van der Waals surface area contributed by atoms with E-state index in [1.807, 2.05) is 13.8 Å². The van der Waals surface area contributed by atoms with Gasteiger partial charge in [0, 0.05) is 6.04 Å². The van der Waals surface area contributed by atoms with E-state index < -0.39 is 0 Å². The largest absolute Gasteiger partial charge is 0.471 e. The van der Waals surface area contributed by atoms with Crippen LogP contribution in [0, 0.1) is 11.3 Å². The minimum atomic E-state index is -0.0430. The van der Waals surface area contributed by atoms with Crippen molar-refractivity contribution in [1.82, 2.24) is 10.2 Å². The van der Waals surface area contributed by atoms with Crippen LogP contribution in [-0.4, -0.2) is 22.3 Å². The Bertz CT molecular complexity index is 495. The molecule has 0 bridgehead atoms. The van der Waals surface area contributed by atoms with E-state index in [2.05, 4.69) is 16.3 Å². The number of hydrogen-bond donors (Lipinski definition) is 1. The summed E-state index contributed by atoms with van der Waals surface area (Å²) in [4.78, 5) is 0. The number of ether oxygens (including phenoxy) is 1. The van der Waals surface area contributed by atoms with Gasteiger partial charge < -0.3 is 10.5 Å². The standard InChI is InChI=1S/C14H20N4O/c1-3-9-10(8-15)14(18-17-12(9)4-2)19-13-7-5-6-11(13)16/h11,13H,3-7,16H2,1-2H3. The van der Waals surface area contributed by atoms with E-state index in [1.54, 1.807) is 0 Å². The Morgan fingerprint density at radius 3 is 2.63 bits per heavy atom. The summed E-state index contributed by atoms with van der Waals surface area (Å²) in [6, 6.07) is 2.24. The van der Waals surface area contributed by atoms with Crippen LogP contribution in [0.25, 0.3) is 0 Å². The highest BCUT2D eigenvalue weighted by Gasteiger charge is 2.28. The van der Waals surface area contributed by atoms with Crippen LogP contribution in [0.15, 0.2) is 0 Å². The van der Waals surface area contributed by atoms with Gasteiger partial charge in [0.25, 0.3) is 5.88 Å². The van der Waals surface area contributed by atoms with Gasteiger partial charge in [-0.05, 0) is 37.7 Å². The third-order valence-electron chi connectivity index (χ3n) is 3.69. The number of aryl methyl sites for hydroxylation is 1. The first-order valence-electron chi connectivity index (χ1n) is 6.92. The molecule has 5 nitrogen and oxygen atoms in total. The van der Waals surface area contributed by atoms with Gasteiger partial charge >= 0.3 is 0 Å². The lowest BCUT2D eigenvalue weighted by Gasteiger charge is -2.18. The Kier molecular flexibility index (Phi) is 4.33.